The highest BCUT2D eigenvalue weighted by Crippen LogP contribution is 2.17. The number of carbonyl (C=O) groups is 2. The second-order valence-electron chi connectivity index (χ2n) is 6.30. The van der Waals surface area contributed by atoms with Gasteiger partial charge < -0.3 is 20.6 Å². The van der Waals surface area contributed by atoms with Crippen LogP contribution in [0.1, 0.15) is 37.0 Å². The summed E-state index contributed by atoms with van der Waals surface area (Å²) in [5.41, 5.74) is 5.81. The van der Waals surface area contributed by atoms with Crippen LogP contribution >= 0.6 is 12.4 Å². The van der Waals surface area contributed by atoms with Crippen LogP contribution in [0.2, 0.25) is 0 Å². The normalized spacial score (nSPS) is 17.0. The monoisotopic (exact) mass is 355 g/mol. The van der Waals surface area contributed by atoms with E-state index in [-0.39, 0.29) is 30.0 Å². The van der Waals surface area contributed by atoms with Crippen molar-refractivity contribution in [1.29, 1.82) is 0 Å². The largest absolute Gasteiger partial charge is 0.508 e. The SMILES string of the molecule is CCCC(C)(N)C(=O)N1CCN(C(=O)c2ccc(O)cc2)CC1.Cl. The first-order valence-corrected chi connectivity index (χ1v) is 8.01. The second-order valence-corrected chi connectivity index (χ2v) is 6.30. The van der Waals surface area contributed by atoms with Crippen LogP contribution in [0.3, 0.4) is 0 Å². The molecule has 1 unspecified atom stereocenters. The topological polar surface area (TPSA) is 86.9 Å². The van der Waals surface area contributed by atoms with E-state index in [0.717, 1.165) is 6.42 Å². The minimum atomic E-state index is -0.835. The number of piperazine rings is 1. The number of nitrogens with two attached hydrogens (primary N) is 1. The Hall–Kier alpha value is -1.79. The van der Waals surface area contributed by atoms with Gasteiger partial charge in [0.2, 0.25) is 5.91 Å². The number of phenols is 1. The number of amides is 2. The number of carbonyl (C=O) groups excluding carboxylic acids is 2. The van der Waals surface area contributed by atoms with Crippen LogP contribution < -0.4 is 5.73 Å². The van der Waals surface area contributed by atoms with Gasteiger partial charge in [0.25, 0.3) is 5.91 Å². The molecule has 7 heteroatoms. The van der Waals surface area contributed by atoms with E-state index in [4.69, 9.17) is 5.73 Å². The molecule has 0 radical (unpaired) electrons. The number of halogens is 1. The van der Waals surface area contributed by atoms with Crippen LogP contribution in [0, 0.1) is 0 Å². The Morgan fingerprint density at radius 2 is 1.62 bits per heavy atom. The molecule has 0 aliphatic carbocycles. The maximum absolute atomic E-state index is 12.5. The fraction of sp³-hybridized carbons (Fsp3) is 0.529. The van der Waals surface area contributed by atoms with Crippen molar-refractivity contribution in [3.05, 3.63) is 29.8 Å². The molecule has 1 aliphatic heterocycles. The number of rotatable bonds is 4. The molecule has 0 aromatic heterocycles. The average Bonchev–Trinajstić information content (AvgIpc) is 2.54. The Balaban J connectivity index is 0.00000288. The molecule has 1 aromatic carbocycles. The standard InChI is InChI=1S/C17H25N3O3.ClH/c1-3-8-17(2,18)16(23)20-11-9-19(10-12-20)15(22)13-4-6-14(21)7-5-13;/h4-7,21H,3,8-12,18H2,1-2H3;1H. The van der Waals surface area contributed by atoms with Crippen molar-refractivity contribution in [3.8, 4) is 5.75 Å². The second kappa shape index (κ2) is 8.35. The third-order valence-corrected chi connectivity index (χ3v) is 4.23. The zero-order valence-corrected chi connectivity index (χ0v) is 15.0. The number of phenolic OH excluding ortho intramolecular Hbond substituents is 1. The maximum atomic E-state index is 12.5. The molecule has 1 saturated heterocycles. The Kier molecular flexibility index (Phi) is 7.05. The van der Waals surface area contributed by atoms with Gasteiger partial charge in [-0.2, -0.15) is 0 Å². The molecule has 6 nitrogen and oxygen atoms in total. The van der Waals surface area contributed by atoms with Crippen molar-refractivity contribution in [2.45, 2.75) is 32.2 Å². The van der Waals surface area contributed by atoms with E-state index in [0.29, 0.717) is 38.2 Å². The van der Waals surface area contributed by atoms with Crippen molar-refractivity contribution in [2.75, 3.05) is 26.2 Å². The molecule has 0 bridgehead atoms. The third-order valence-electron chi connectivity index (χ3n) is 4.23. The molecule has 134 valence electrons. The molecule has 0 spiro atoms. The Morgan fingerprint density at radius 1 is 1.12 bits per heavy atom. The summed E-state index contributed by atoms with van der Waals surface area (Å²) in [5, 5.41) is 9.28. The van der Waals surface area contributed by atoms with Crippen LogP contribution in [0.4, 0.5) is 0 Å². The maximum Gasteiger partial charge on any atom is 0.253 e. The van der Waals surface area contributed by atoms with Crippen molar-refractivity contribution < 1.29 is 14.7 Å². The van der Waals surface area contributed by atoms with Gasteiger partial charge in [0.1, 0.15) is 5.75 Å². The van der Waals surface area contributed by atoms with Gasteiger partial charge in [0.05, 0.1) is 5.54 Å². The summed E-state index contributed by atoms with van der Waals surface area (Å²) in [5.74, 6) is 0.00683. The summed E-state index contributed by atoms with van der Waals surface area (Å²) in [7, 11) is 0. The zero-order valence-electron chi connectivity index (χ0n) is 14.2. The molecule has 0 saturated carbocycles. The molecule has 1 fully saturated rings. The first-order valence-electron chi connectivity index (χ1n) is 8.01. The molecule has 1 aliphatic rings. The Labute approximate surface area is 149 Å². The van der Waals surface area contributed by atoms with E-state index < -0.39 is 5.54 Å². The Bertz CT molecular complexity index is 567. The van der Waals surface area contributed by atoms with Crippen LogP contribution in [0.15, 0.2) is 24.3 Å². The fourth-order valence-corrected chi connectivity index (χ4v) is 2.89. The van der Waals surface area contributed by atoms with E-state index in [2.05, 4.69) is 0 Å². The van der Waals surface area contributed by atoms with Gasteiger partial charge in [0.15, 0.2) is 0 Å². The predicted octanol–water partition coefficient (Wildman–Crippen LogP) is 1.62. The van der Waals surface area contributed by atoms with Crippen LogP contribution in [-0.2, 0) is 4.79 Å². The van der Waals surface area contributed by atoms with Crippen LogP contribution in [-0.4, -0.2) is 58.4 Å². The number of benzene rings is 1. The minimum absolute atomic E-state index is 0. The van der Waals surface area contributed by atoms with Gasteiger partial charge >= 0.3 is 0 Å². The van der Waals surface area contributed by atoms with E-state index in [1.54, 1.807) is 28.9 Å². The van der Waals surface area contributed by atoms with E-state index in [9.17, 15) is 14.7 Å². The van der Waals surface area contributed by atoms with Crippen molar-refractivity contribution in [3.63, 3.8) is 0 Å². The Morgan fingerprint density at radius 3 is 2.12 bits per heavy atom. The van der Waals surface area contributed by atoms with Gasteiger partial charge in [-0.15, -0.1) is 12.4 Å². The van der Waals surface area contributed by atoms with Crippen molar-refractivity contribution >= 4 is 24.2 Å². The van der Waals surface area contributed by atoms with Gasteiger partial charge in [-0.1, -0.05) is 13.3 Å². The van der Waals surface area contributed by atoms with Gasteiger partial charge in [-0.25, -0.2) is 0 Å². The summed E-state index contributed by atoms with van der Waals surface area (Å²) in [6, 6.07) is 6.20. The lowest BCUT2D eigenvalue weighted by Crippen LogP contribution is -2.58. The first-order chi connectivity index (χ1) is 10.8. The lowest BCUT2D eigenvalue weighted by Gasteiger charge is -2.38. The summed E-state index contributed by atoms with van der Waals surface area (Å²) < 4.78 is 0. The van der Waals surface area contributed by atoms with E-state index >= 15 is 0 Å². The molecule has 2 amide bonds. The van der Waals surface area contributed by atoms with Gasteiger partial charge in [-0.05, 0) is 37.6 Å². The number of hydrogen-bond acceptors (Lipinski definition) is 4. The number of nitrogens with zero attached hydrogens (tertiary/aromatic N) is 2. The highest BCUT2D eigenvalue weighted by atomic mass is 35.5. The number of aromatic hydroxyl groups is 1. The highest BCUT2D eigenvalue weighted by molar-refractivity contribution is 5.94. The third kappa shape index (κ3) is 4.61. The predicted molar refractivity (Wildman–Crippen MR) is 95.3 cm³/mol. The van der Waals surface area contributed by atoms with Crippen LogP contribution in [0.5, 0.6) is 5.75 Å². The molecule has 24 heavy (non-hydrogen) atoms. The highest BCUT2D eigenvalue weighted by Gasteiger charge is 2.34. The quantitative estimate of drug-likeness (QED) is 0.859. The van der Waals surface area contributed by atoms with Gasteiger partial charge in [0, 0.05) is 31.7 Å². The zero-order chi connectivity index (χ0) is 17.0. The molecule has 1 atom stereocenters. The molecular weight excluding hydrogens is 330 g/mol. The fourth-order valence-electron chi connectivity index (χ4n) is 2.89. The van der Waals surface area contributed by atoms with Crippen LogP contribution in [0.25, 0.3) is 0 Å². The summed E-state index contributed by atoms with van der Waals surface area (Å²) in [6.07, 6.45) is 1.51. The molecule has 1 aromatic rings. The lowest BCUT2D eigenvalue weighted by molar-refractivity contribution is -0.138. The van der Waals surface area contributed by atoms with E-state index in [1.165, 1.54) is 12.1 Å². The summed E-state index contributed by atoms with van der Waals surface area (Å²) in [6.45, 7) is 5.76. The summed E-state index contributed by atoms with van der Waals surface area (Å²) in [4.78, 5) is 28.3. The van der Waals surface area contributed by atoms with E-state index in [1.807, 2.05) is 6.92 Å². The molecule has 3 N–H and O–H groups in total. The smallest absolute Gasteiger partial charge is 0.253 e. The summed E-state index contributed by atoms with van der Waals surface area (Å²) >= 11 is 0. The van der Waals surface area contributed by atoms with Crippen molar-refractivity contribution in [2.24, 2.45) is 5.73 Å². The minimum Gasteiger partial charge on any atom is -0.508 e. The molecular formula is C17H26ClN3O3. The first kappa shape index (κ1) is 20.3. The molecule has 1 heterocycles. The van der Waals surface area contributed by atoms with Gasteiger partial charge in [-0.3, -0.25) is 9.59 Å². The average molecular weight is 356 g/mol. The lowest BCUT2D eigenvalue weighted by atomic mass is 9.95. The molecule has 2 rings (SSSR count). The number of hydrogen-bond donors (Lipinski definition) is 2. The van der Waals surface area contributed by atoms with Crippen molar-refractivity contribution in [1.82, 2.24) is 9.80 Å².